The van der Waals surface area contributed by atoms with E-state index in [4.69, 9.17) is 9.47 Å². The van der Waals surface area contributed by atoms with Gasteiger partial charge in [0.05, 0.1) is 13.2 Å². The van der Waals surface area contributed by atoms with Crippen LogP contribution in [0.5, 0.6) is 5.75 Å². The second-order valence-electron chi connectivity index (χ2n) is 5.21. The molecule has 0 heterocycles. The topological polar surface area (TPSA) is 35.5 Å². The van der Waals surface area contributed by atoms with Gasteiger partial charge in [0.1, 0.15) is 11.3 Å². The summed E-state index contributed by atoms with van der Waals surface area (Å²) in [6.45, 7) is 11.0. The molecule has 3 heteroatoms. The summed E-state index contributed by atoms with van der Waals surface area (Å²) in [5, 5.41) is 0. The van der Waals surface area contributed by atoms with Crippen LogP contribution in [0, 0.1) is 19.8 Å². The Balaban J connectivity index is 2.96. The molecule has 0 aliphatic rings. The van der Waals surface area contributed by atoms with E-state index >= 15 is 0 Å². The monoisotopic (exact) mass is 264 g/mol. The Morgan fingerprint density at radius 1 is 1.26 bits per heavy atom. The third-order valence-corrected chi connectivity index (χ3v) is 2.86. The first kappa shape index (κ1) is 15.5. The minimum Gasteiger partial charge on any atom is -0.492 e. The summed E-state index contributed by atoms with van der Waals surface area (Å²) in [7, 11) is 0. The fraction of sp³-hybridized carbons (Fsp3) is 0.562. The molecular weight excluding hydrogens is 240 g/mol. The lowest BCUT2D eigenvalue weighted by Crippen LogP contribution is -2.11. The Kier molecular flexibility index (Phi) is 5.87. The molecule has 1 aromatic rings. The Morgan fingerprint density at radius 2 is 1.95 bits per heavy atom. The van der Waals surface area contributed by atoms with E-state index in [1.54, 1.807) is 6.92 Å². The zero-order valence-corrected chi connectivity index (χ0v) is 12.6. The van der Waals surface area contributed by atoms with Gasteiger partial charge in [0.25, 0.3) is 0 Å². The van der Waals surface area contributed by atoms with Crippen LogP contribution in [0.15, 0.2) is 12.1 Å². The molecule has 0 aromatic heterocycles. The number of carbonyl (C=O) groups is 1. The summed E-state index contributed by atoms with van der Waals surface area (Å²) in [4.78, 5) is 12.0. The van der Waals surface area contributed by atoms with Crippen LogP contribution in [0.4, 0.5) is 0 Å². The van der Waals surface area contributed by atoms with Crippen molar-refractivity contribution < 1.29 is 14.3 Å². The first-order valence-electron chi connectivity index (χ1n) is 6.86. The van der Waals surface area contributed by atoms with Gasteiger partial charge in [-0.2, -0.15) is 0 Å². The summed E-state index contributed by atoms with van der Waals surface area (Å²) in [5.41, 5.74) is 2.55. The van der Waals surface area contributed by atoms with Crippen molar-refractivity contribution in [3.05, 3.63) is 28.8 Å². The average molecular weight is 264 g/mol. The maximum atomic E-state index is 12.0. The van der Waals surface area contributed by atoms with E-state index < -0.39 is 0 Å². The van der Waals surface area contributed by atoms with Gasteiger partial charge in [0.15, 0.2) is 0 Å². The Morgan fingerprint density at radius 3 is 2.53 bits per heavy atom. The number of benzene rings is 1. The van der Waals surface area contributed by atoms with Crippen LogP contribution in [0.25, 0.3) is 0 Å². The fourth-order valence-corrected chi connectivity index (χ4v) is 1.90. The van der Waals surface area contributed by atoms with Crippen molar-refractivity contribution in [2.45, 2.75) is 41.0 Å². The molecule has 0 aliphatic carbocycles. The normalized spacial score (nSPS) is 10.6. The number of rotatable bonds is 6. The SMILES string of the molecule is CCOC(=O)c1cc(C)cc(C)c1OCCC(C)C. The van der Waals surface area contributed by atoms with Crippen LogP contribution in [-0.2, 0) is 4.74 Å². The summed E-state index contributed by atoms with van der Waals surface area (Å²) in [5.74, 6) is 0.926. The number of esters is 1. The van der Waals surface area contributed by atoms with Crippen molar-refractivity contribution in [3.8, 4) is 5.75 Å². The average Bonchev–Trinajstić information content (AvgIpc) is 2.31. The highest BCUT2D eigenvalue weighted by Crippen LogP contribution is 2.26. The standard InChI is InChI=1S/C16H24O3/c1-6-18-16(17)14-10-12(4)9-13(5)15(14)19-8-7-11(2)3/h9-11H,6-8H2,1-5H3. The third kappa shape index (κ3) is 4.58. The number of hydrogen-bond acceptors (Lipinski definition) is 3. The number of hydrogen-bond donors (Lipinski definition) is 0. The molecule has 0 unspecified atom stereocenters. The molecule has 0 radical (unpaired) electrons. The van der Waals surface area contributed by atoms with Gasteiger partial charge in [0, 0.05) is 0 Å². The molecule has 19 heavy (non-hydrogen) atoms. The van der Waals surface area contributed by atoms with Gasteiger partial charge in [-0.05, 0) is 50.3 Å². The summed E-state index contributed by atoms with van der Waals surface area (Å²) in [6, 6.07) is 3.85. The largest absolute Gasteiger partial charge is 0.492 e. The minimum atomic E-state index is -0.311. The van der Waals surface area contributed by atoms with E-state index in [0.717, 1.165) is 17.5 Å². The second-order valence-corrected chi connectivity index (χ2v) is 5.21. The second kappa shape index (κ2) is 7.17. The van der Waals surface area contributed by atoms with E-state index in [-0.39, 0.29) is 5.97 Å². The van der Waals surface area contributed by atoms with E-state index in [9.17, 15) is 4.79 Å². The van der Waals surface area contributed by atoms with Crippen molar-refractivity contribution in [3.63, 3.8) is 0 Å². The first-order valence-corrected chi connectivity index (χ1v) is 6.86. The van der Waals surface area contributed by atoms with Crippen molar-refractivity contribution in [1.29, 1.82) is 0 Å². The van der Waals surface area contributed by atoms with Gasteiger partial charge >= 0.3 is 5.97 Å². The van der Waals surface area contributed by atoms with E-state index in [1.807, 2.05) is 26.0 Å². The van der Waals surface area contributed by atoms with Crippen LogP contribution in [0.2, 0.25) is 0 Å². The van der Waals surface area contributed by atoms with Crippen LogP contribution in [-0.4, -0.2) is 19.2 Å². The van der Waals surface area contributed by atoms with Gasteiger partial charge in [-0.1, -0.05) is 19.9 Å². The lowest BCUT2D eigenvalue weighted by Gasteiger charge is -2.15. The number of aryl methyl sites for hydroxylation is 2. The maximum absolute atomic E-state index is 12.0. The van der Waals surface area contributed by atoms with E-state index in [2.05, 4.69) is 13.8 Å². The van der Waals surface area contributed by atoms with Gasteiger partial charge < -0.3 is 9.47 Å². The van der Waals surface area contributed by atoms with Crippen molar-refractivity contribution in [1.82, 2.24) is 0 Å². The minimum absolute atomic E-state index is 0.311. The van der Waals surface area contributed by atoms with Gasteiger partial charge in [-0.3, -0.25) is 0 Å². The third-order valence-electron chi connectivity index (χ3n) is 2.86. The predicted molar refractivity (Wildman–Crippen MR) is 76.8 cm³/mol. The molecule has 0 atom stereocenters. The van der Waals surface area contributed by atoms with Gasteiger partial charge in [-0.15, -0.1) is 0 Å². The summed E-state index contributed by atoms with van der Waals surface area (Å²) >= 11 is 0. The highest BCUT2D eigenvalue weighted by molar-refractivity contribution is 5.93. The van der Waals surface area contributed by atoms with Crippen LogP contribution < -0.4 is 4.74 Å². The highest BCUT2D eigenvalue weighted by atomic mass is 16.5. The zero-order valence-electron chi connectivity index (χ0n) is 12.6. The molecule has 0 N–H and O–H groups in total. The molecule has 0 amide bonds. The molecule has 0 spiro atoms. The zero-order chi connectivity index (χ0) is 14.4. The number of carbonyl (C=O) groups excluding carboxylic acids is 1. The summed E-state index contributed by atoms with van der Waals surface area (Å²) in [6.07, 6.45) is 0.968. The van der Waals surface area contributed by atoms with Crippen LogP contribution >= 0.6 is 0 Å². The molecule has 3 nitrogen and oxygen atoms in total. The predicted octanol–water partition coefficient (Wildman–Crippen LogP) is 3.91. The Hall–Kier alpha value is -1.51. The Labute approximate surface area is 115 Å². The van der Waals surface area contributed by atoms with Crippen molar-refractivity contribution in [2.24, 2.45) is 5.92 Å². The van der Waals surface area contributed by atoms with E-state index in [0.29, 0.717) is 30.4 Å². The molecule has 1 rings (SSSR count). The molecule has 0 bridgehead atoms. The molecular formula is C16H24O3. The Bertz CT molecular complexity index is 436. The summed E-state index contributed by atoms with van der Waals surface area (Å²) < 4.78 is 10.9. The highest BCUT2D eigenvalue weighted by Gasteiger charge is 2.16. The molecule has 0 saturated carbocycles. The smallest absolute Gasteiger partial charge is 0.341 e. The molecule has 0 saturated heterocycles. The molecule has 106 valence electrons. The van der Waals surface area contributed by atoms with Crippen LogP contribution in [0.1, 0.15) is 48.7 Å². The molecule has 0 aliphatic heterocycles. The molecule has 0 fully saturated rings. The number of ether oxygens (including phenoxy) is 2. The van der Waals surface area contributed by atoms with Crippen LogP contribution in [0.3, 0.4) is 0 Å². The quantitative estimate of drug-likeness (QED) is 0.731. The lowest BCUT2D eigenvalue weighted by atomic mass is 10.1. The van der Waals surface area contributed by atoms with Crippen molar-refractivity contribution >= 4 is 5.97 Å². The lowest BCUT2D eigenvalue weighted by molar-refractivity contribution is 0.0521. The van der Waals surface area contributed by atoms with Crippen molar-refractivity contribution in [2.75, 3.05) is 13.2 Å². The maximum Gasteiger partial charge on any atom is 0.341 e. The van der Waals surface area contributed by atoms with Gasteiger partial charge in [0.2, 0.25) is 0 Å². The van der Waals surface area contributed by atoms with Gasteiger partial charge in [-0.25, -0.2) is 4.79 Å². The first-order chi connectivity index (χ1) is 8.95. The molecule has 1 aromatic carbocycles. The van der Waals surface area contributed by atoms with E-state index in [1.165, 1.54) is 0 Å². The fourth-order valence-electron chi connectivity index (χ4n) is 1.90.